The normalized spacial score (nSPS) is 22.6. The molecule has 166 valence electrons. The number of nitrogens with one attached hydrogen (secondary N) is 1. The SMILES string of the molecule is CN1[C@@H]2CC[C@H]1C[C@@H](Oc1cccc(CNCc3cccc(Oc4ccccc4)c3)c1)C2. The summed E-state index contributed by atoms with van der Waals surface area (Å²) in [6.45, 7) is 1.59. The maximum absolute atomic E-state index is 6.39. The Morgan fingerprint density at radius 2 is 1.34 bits per heavy atom. The molecular weight excluding hydrogens is 396 g/mol. The Labute approximate surface area is 191 Å². The van der Waals surface area contributed by atoms with Gasteiger partial charge < -0.3 is 19.7 Å². The molecule has 32 heavy (non-hydrogen) atoms. The van der Waals surface area contributed by atoms with E-state index in [0.717, 1.165) is 43.2 Å². The number of nitrogens with zero attached hydrogens (tertiary/aromatic N) is 1. The van der Waals surface area contributed by atoms with E-state index in [-0.39, 0.29) is 0 Å². The van der Waals surface area contributed by atoms with E-state index in [0.29, 0.717) is 18.2 Å². The minimum atomic E-state index is 0.347. The Kier molecular flexibility index (Phi) is 6.42. The smallest absolute Gasteiger partial charge is 0.127 e. The molecule has 2 heterocycles. The van der Waals surface area contributed by atoms with Crippen molar-refractivity contribution >= 4 is 0 Å². The lowest BCUT2D eigenvalue weighted by molar-refractivity contribution is 0.0661. The largest absolute Gasteiger partial charge is 0.490 e. The van der Waals surface area contributed by atoms with Gasteiger partial charge in [0.2, 0.25) is 0 Å². The summed E-state index contributed by atoms with van der Waals surface area (Å²) >= 11 is 0. The zero-order chi connectivity index (χ0) is 21.8. The number of ether oxygens (including phenoxy) is 2. The number of hydrogen-bond donors (Lipinski definition) is 1. The van der Waals surface area contributed by atoms with Gasteiger partial charge in [0.05, 0.1) is 0 Å². The second-order valence-corrected chi connectivity index (χ2v) is 9.08. The highest BCUT2D eigenvalue weighted by Crippen LogP contribution is 2.36. The lowest BCUT2D eigenvalue weighted by atomic mass is 10.0. The predicted molar refractivity (Wildman–Crippen MR) is 128 cm³/mol. The van der Waals surface area contributed by atoms with E-state index in [1.54, 1.807) is 0 Å². The minimum Gasteiger partial charge on any atom is -0.490 e. The zero-order valence-corrected chi connectivity index (χ0v) is 18.7. The van der Waals surface area contributed by atoms with Crippen LogP contribution in [-0.4, -0.2) is 30.1 Å². The van der Waals surface area contributed by atoms with Gasteiger partial charge in [-0.15, -0.1) is 0 Å². The predicted octanol–water partition coefficient (Wildman–Crippen LogP) is 5.77. The highest BCUT2D eigenvalue weighted by atomic mass is 16.5. The first-order valence-electron chi connectivity index (χ1n) is 11.7. The maximum Gasteiger partial charge on any atom is 0.127 e. The summed E-state index contributed by atoms with van der Waals surface area (Å²) in [6.07, 6.45) is 5.29. The first kappa shape index (κ1) is 21.0. The molecule has 2 aliphatic heterocycles. The Hall–Kier alpha value is -2.82. The van der Waals surface area contributed by atoms with Crippen LogP contribution in [0.5, 0.6) is 17.2 Å². The Morgan fingerprint density at radius 3 is 2.03 bits per heavy atom. The third kappa shape index (κ3) is 5.14. The van der Waals surface area contributed by atoms with Crippen molar-refractivity contribution in [1.82, 2.24) is 10.2 Å². The third-order valence-corrected chi connectivity index (χ3v) is 6.79. The quantitative estimate of drug-likeness (QED) is 0.494. The molecule has 4 heteroatoms. The highest BCUT2D eigenvalue weighted by Gasteiger charge is 2.39. The van der Waals surface area contributed by atoms with Crippen LogP contribution in [0.4, 0.5) is 0 Å². The monoisotopic (exact) mass is 428 g/mol. The molecule has 2 bridgehead atoms. The van der Waals surface area contributed by atoms with E-state index < -0.39 is 0 Å². The van der Waals surface area contributed by atoms with Crippen molar-refractivity contribution in [3.05, 3.63) is 90.0 Å². The van der Waals surface area contributed by atoms with Gasteiger partial charge in [-0.1, -0.05) is 42.5 Å². The van der Waals surface area contributed by atoms with Crippen LogP contribution in [0.1, 0.15) is 36.8 Å². The number of benzene rings is 3. The maximum atomic E-state index is 6.39. The lowest BCUT2D eigenvalue weighted by Crippen LogP contribution is -2.43. The molecule has 1 N–H and O–H groups in total. The molecule has 0 unspecified atom stereocenters. The molecule has 0 spiro atoms. The van der Waals surface area contributed by atoms with Crippen LogP contribution in [0.25, 0.3) is 0 Å². The number of para-hydroxylation sites is 1. The molecule has 4 nitrogen and oxygen atoms in total. The summed E-state index contributed by atoms with van der Waals surface area (Å²) < 4.78 is 12.3. The van der Waals surface area contributed by atoms with Crippen molar-refractivity contribution in [2.75, 3.05) is 7.05 Å². The average Bonchev–Trinajstić information content (AvgIpc) is 3.01. The second-order valence-electron chi connectivity index (χ2n) is 9.08. The van der Waals surface area contributed by atoms with Crippen molar-refractivity contribution in [1.29, 1.82) is 0 Å². The average molecular weight is 429 g/mol. The van der Waals surface area contributed by atoms with Crippen LogP contribution in [0.15, 0.2) is 78.9 Å². The molecule has 0 aromatic heterocycles. The van der Waals surface area contributed by atoms with Crippen molar-refractivity contribution < 1.29 is 9.47 Å². The van der Waals surface area contributed by atoms with Gasteiger partial charge in [0.15, 0.2) is 0 Å². The fraction of sp³-hybridized carbons (Fsp3) is 0.357. The van der Waals surface area contributed by atoms with Gasteiger partial charge in [-0.2, -0.15) is 0 Å². The molecule has 3 aromatic carbocycles. The molecule has 2 fully saturated rings. The van der Waals surface area contributed by atoms with Gasteiger partial charge in [-0.25, -0.2) is 0 Å². The lowest BCUT2D eigenvalue weighted by Gasteiger charge is -2.36. The van der Waals surface area contributed by atoms with Crippen LogP contribution in [0, 0.1) is 0 Å². The summed E-state index contributed by atoms with van der Waals surface area (Å²) in [6, 6.07) is 28.1. The summed E-state index contributed by atoms with van der Waals surface area (Å²) in [7, 11) is 2.27. The topological polar surface area (TPSA) is 33.7 Å². The van der Waals surface area contributed by atoms with E-state index in [1.807, 2.05) is 42.5 Å². The van der Waals surface area contributed by atoms with Crippen LogP contribution in [-0.2, 0) is 13.1 Å². The number of hydrogen-bond acceptors (Lipinski definition) is 4. The number of piperidine rings is 1. The van der Waals surface area contributed by atoms with E-state index in [1.165, 1.54) is 24.0 Å². The van der Waals surface area contributed by atoms with Gasteiger partial charge in [0, 0.05) is 25.2 Å². The first-order chi connectivity index (χ1) is 15.7. The van der Waals surface area contributed by atoms with E-state index in [2.05, 4.69) is 53.7 Å². The van der Waals surface area contributed by atoms with Gasteiger partial charge in [0.25, 0.3) is 0 Å². The van der Waals surface area contributed by atoms with Crippen LogP contribution in [0.3, 0.4) is 0 Å². The van der Waals surface area contributed by atoms with Gasteiger partial charge in [-0.3, -0.25) is 0 Å². The molecule has 0 saturated carbocycles. The zero-order valence-electron chi connectivity index (χ0n) is 18.7. The highest BCUT2D eigenvalue weighted by molar-refractivity contribution is 5.34. The number of fused-ring (bicyclic) bond motifs is 2. The molecule has 0 radical (unpaired) electrons. The fourth-order valence-electron chi connectivity index (χ4n) is 5.07. The molecule has 5 rings (SSSR count). The summed E-state index contributed by atoms with van der Waals surface area (Å²) in [5.41, 5.74) is 2.45. The molecule has 3 atom stereocenters. The van der Waals surface area contributed by atoms with E-state index in [4.69, 9.17) is 9.47 Å². The summed E-state index contributed by atoms with van der Waals surface area (Å²) in [5, 5.41) is 3.55. The van der Waals surface area contributed by atoms with Crippen molar-refractivity contribution in [2.24, 2.45) is 0 Å². The standard InChI is InChI=1S/C28H32N2O2/c1-30-23-13-14-24(30)18-28(17-23)32-27-12-6-8-22(16-27)20-29-19-21-7-5-11-26(15-21)31-25-9-3-2-4-10-25/h2-12,15-16,23-24,28-29H,13-14,17-20H2,1H3/t23-,24+,28+. The Balaban J connectivity index is 1.13. The Bertz CT molecular complexity index is 1010. The molecule has 2 saturated heterocycles. The van der Waals surface area contributed by atoms with Crippen molar-refractivity contribution in [2.45, 2.75) is 57.0 Å². The van der Waals surface area contributed by atoms with Gasteiger partial charge in [0.1, 0.15) is 23.4 Å². The van der Waals surface area contributed by atoms with Crippen molar-refractivity contribution in [3.8, 4) is 17.2 Å². The second kappa shape index (κ2) is 9.76. The minimum absolute atomic E-state index is 0.347. The fourth-order valence-corrected chi connectivity index (χ4v) is 5.07. The molecule has 0 aliphatic carbocycles. The summed E-state index contributed by atoms with van der Waals surface area (Å²) in [4.78, 5) is 2.56. The Morgan fingerprint density at radius 1 is 0.750 bits per heavy atom. The van der Waals surface area contributed by atoms with E-state index in [9.17, 15) is 0 Å². The summed E-state index contributed by atoms with van der Waals surface area (Å²) in [5.74, 6) is 2.71. The van der Waals surface area contributed by atoms with Gasteiger partial charge >= 0.3 is 0 Å². The third-order valence-electron chi connectivity index (χ3n) is 6.79. The van der Waals surface area contributed by atoms with Crippen LogP contribution < -0.4 is 14.8 Å². The molecule has 2 aliphatic rings. The van der Waals surface area contributed by atoms with Gasteiger partial charge in [-0.05, 0) is 80.3 Å². The molecular formula is C28H32N2O2. The van der Waals surface area contributed by atoms with Crippen LogP contribution in [0.2, 0.25) is 0 Å². The number of rotatable bonds is 8. The molecule has 3 aromatic rings. The van der Waals surface area contributed by atoms with Crippen LogP contribution >= 0.6 is 0 Å². The van der Waals surface area contributed by atoms with E-state index >= 15 is 0 Å². The first-order valence-corrected chi connectivity index (χ1v) is 11.7. The molecule has 0 amide bonds. The van der Waals surface area contributed by atoms with Crippen molar-refractivity contribution in [3.63, 3.8) is 0 Å².